The van der Waals surface area contributed by atoms with Crippen LogP contribution in [0, 0.1) is 11.3 Å². The lowest BCUT2D eigenvalue weighted by molar-refractivity contribution is -0.113. The first-order valence-corrected chi connectivity index (χ1v) is 8.46. The molecule has 1 unspecified atom stereocenters. The first-order valence-electron chi connectivity index (χ1n) is 5.82. The average molecular weight is 316 g/mol. The Morgan fingerprint density at radius 2 is 2.35 bits per heavy atom. The molecule has 0 radical (unpaired) electrons. The number of sulfone groups is 1. The molecule has 0 spiro atoms. The highest BCUT2D eigenvalue weighted by molar-refractivity contribution is 7.92. The molecule has 1 saturated heterocycles. The molecule has 1 aliphatic heterocycles. The number of nitriles is 1. The van der Waals surface area contributed by atoms with Gasteiger partial charge in [0.15, 0.2) is 9.84 Å². The monoisotopic (exact) mass is 316 g/mol. The Morgan fingerprint density at radius 1 is 1.55 bits per heavy atom. The normalized spacial score (nSPS) is 18.6. The van der Waals surface area contributed by atoms with Crippen molar-refractivity contribution in [3.63, 3.8) is 0 Å². The molecule has 1 aliphatic rings. The molecule has 0 aromatic carbocycles. The van der Waals surface area contributed by atoms with Crippen LogP contribution in [0.4, 0.5) is 5.13 Å². The minimum Gasteiger partial charge on any atom is -0.371 e. The van der Waals surface area contributed by atoms with Gasteiger partial charge in [0.2, 0.25) is 11.0 Å². The fourth-order valence-corrected chi connectivity index (χ4v) is 3.31. The number of carbonyl (C=O) groups is 1. The lowest BCUT2D eigenvalue weighted by Gasteiger charge is -2.02. The first-order chi connectivity index (χ1) is 9.50. The van der Waals surface area contributed by atoms with Crippen molar-refractivity contribution < 1.29 is 17.9 Å². The van der Waals surface area contributed by atoms with Crippen molar-refractivity contribution in [3.8, 4) is 6.07 Å². The zero-order valence-electron chi connectivity index (χ0n) is 10.4. The topological polar surface area (TPSA) is 122 Å². The van der Waals surface area contributed by atoms with Crippen molar-refractivity contribution in [2.45, 2.75) is 18.9 Å². The Balaban J connectivity index is 1.93. The van der Waals surface area contributed by atoms with Gasteiger partial charge in [-0.05, 0) is 12.8 Å². The van der Waals surface area contributed by atoms with E-state index in [1.165, 1.54) is 6.07 Å². The van der Waals surface area contributed by atoms with Gasteiger partial charge >= 0.3 is 0 Å². The lowest BCUT2D eigenvalue weighted by Crippen LogP contribution is -2.24. The zero-order valence-corrected chi connectivity index (χ0v) is 12.0. The van der Waals surface area contributed by atoms with Crippen LogP contribution >= 0.6 is 11.3 Å². The van der Waals surface area contributed by atoms with Crippen LogP contribution in [0.5, 0.6) is 0 Å². The van der Waals surface area contributed by atoms with Gasteiger partial charge in [0.1, 0.15) is 22.6 Å². The summed E-state index contributed by atoms with van der Waals surface area (Å²) in [7, 11) is -3.70. The molecule has 1 amide bonds. The van der Waals surface area contributed by atoms with E-state index in [0.717, 1.165) is 24.2 Å². The van der Waals surface area contributed by atoms with Crippen molar-refractivity contribution in [1.29, 1.82) is 5.26 Å². The van der Waals surface area contributed by atoms with Crippen LogP contribution in [0.25, 0.3) is 0 Å². The van der Waals surface area contributed by atoms with Crippen molar-refractivity contribution in [2.75, 3.05) is 23.4 Å². The van der Waals surface area contributed by atoms with Gasteiger partial charge in [-0.15, -0.1) is 10.2 Å². The summed E-state index contributed by atoms with van der Waals surface area (Å²) in [5, 5.41) is 19.3. The highest BCUT2D eigenvalue weighted by Gasteiger charge is 2.23. The van der Waals surface area contributed by atoms with Gasteiger partial charge in [0, 0.05) is 6.61 Å². The van der Waals surface area contributed by atoms with E-state index in [9.17, 15) is 13.2 Å². The van der Waals surface area contributed by atoms with Crippen LogP contribution in [-0.4, -0.2) is 42.6 Å². The molecule has 20 heavy (non-hydrogen) atoms. The van der Waals surface area contributed by atoms with Gasteiger partial charge in [-0.1, -0.05) is 11.3 Å². The SMILES string of the molecule is N#CCS(=O)(=O)CC(=O)Nc1nnc(C2CCCO2)s1. The molecule has 1 N–H and O–H groups in total. The molecule has 8 nitrogen and oxygen atoms in total. The highest BCUT2D eigenvalue weighted by atomic mass is 32.2. The number of ether oxygens (including phenoxy) is 1. The fraction of sp³-hybridized carbons (Fsp3) is 0.600. The second-order valence-electron chi connectivity index (χ2n) is 4.19. The van der Waals surface area contributed by atoms with E-state index in [1.54, 1.807) is 0 Å². The van der Waals surface area contributed by atoms with E-state index >= 15 is 0 Å². The third-order valence-electron chi connectivity index (χ3n) is 2.53. The minimum atomic E-state index is -3.70. The molecule has 1 aromatic heterocycles. The standard InChI is InChI=1S/C10H12N4O4S2/c11-3-5-20(16,17)6-8(15)12-10-14-13-9(19-10)7-2-1-4-18-7/h7H,1-2,4-6H2,(H,12,14,15). The number of hydrogen-bond donors (Lipinski definition) is 1. The maximum absolute atomic E-state index is 11.5. The zero-order chi connectivity index (χ0) is 14.6. The summed E-state index contributed by atoms with van der Waals surface area (Å²) in [6.07, 6.45) is 1.72. The molecule has 108 valence electrons. The van der Waals surface area contributed by atoms with E-state index in [-0.39, 0.29) is 11.2 Å². The third-order valence-corrected chi connectivity index (χ3v) is 4.73. The summed E-state index contributed by atoms with van der Waals surface area (Å²) >= 11 is 1.16. The average Bonchev–Trinajstić information content (AvgIpc) is 2.96. The predicted molar refractivity (Wildman–Crippen MR) is 70.7 cm³/mol. The lowest BCUT2D eigenvalue weighted by atomic mass is 10.2. The molecular formula is C10H12N4O4S2. The summed E-state index contributed by atoms with van der Waals surface area (Å²) in [6.45, 7) is 0.679. The number of rotatable bonds is 5. The summed E-state index contributed by atoms with van der Waals surface area (Å²) < 4.78 is 28.1. The quantitative estimate of drug-likeness (QED) is 0.827. The largest absolute Gasteiger partial charge is 0.371 e. The van der Waals surface area contributed by atoms with Gasteiger partial charge in [-0.25, -0.2) is 8.42 Å². The number of amides is 1. The highest BCUT2D eigenvalue weighted by Crippen LogP contribution is 2.31. The molecule has 10 heteroatoms. The molecule has 0 saturated carbocycles. The third kappa shape index (κ3) is 3.96. The Kier molecular flexibility index (Phi) is 4.64. The number of nitrogens with one attached hydrogen (secondary N) is 1. The number of nitrogens with zero attached hydrogens (tertiary/aromatic N) is 3. The molecule has 0 aliphatic carbocycles. The number of aromatic nitrogens is 2. The van der Waals surface area contributed by atoms with E-state index < -0.39 is 27.3 Å². The van der Waals surface area contributed by atoms with Gasteiger partial charge in [0.25, 0.3) is 0 Å². The van der Waals surface area contributed by atoms with Crippen LogP contribution in [0.15, 0.2) is 0 Å². The molecular weight excluding hydrogens is 304 g/mol. The van der Waals surface area contributed by atoms with Crippen LogP contribution in [0.1, 0.15) is 24.0 Å². The summed E-state index contributed by atoms with van der Waals surface area (Å²) in [5.74, 6) is -2.15. The molecule has 1 fully saturated rings. The minimum absolute atomic E-state index is 0.0968. The van der Waals surface area contributed by atoms with E-state index in [1.807, 2.05) is 0 Å². The Labute approximate surface area is 119 Å². The molecule has 1 aromatic rings. The summed E-state index contributed by atoms with van der Waals surface area (Å²) in [5.41, 5.74) is 0. The first kappa shape index (κ1) is 14.8. The second kappa shape index (κ2) is 6.25. The molecule has 2 heterocycles. The molecule has 2 rings (SSSR count). The Morgan fingerprint density at radius 3 is 3.00 bits per heavy atom. The molecule has 0 bridgehead atoms. The van der Waals surface area contributed by atoms with Crippen LogP contribution in [0.3, 0.4) is 0 Å². The van der Waals surface area contributed by atoms with Crippen LogP contribution < -0.4 is 5.32 Å². The van der Waals surface area contributed by atoms with E-state index in [2.05, 4.69) is 15.5 Å². The molecule has 1 atom stereocenters. The number of hydrogen-bond acceptors (Lipinski definition) is 8. The Hall–Kier alpha value is -1.57. The second-order valence-corrected chi connectivity index (χ2v) is 7.26. The van der Waals surface area contributed by atoms with Gasteiger partial charge in [-0.3, -0.25) is 10.1 Å². The van der Waals surface area contributed by atoms with Crippen molar-refractivity contribution in [1.82, 2.24) is 10.2 Å². The smallest absolute Gasteiger partial charge is 0.241 e. The maximum Gasteiger partial charge on any atom is 0.241 e. The van der Waals surface area contributed by atoms with Crippen molar-refractivity contribution in [2.24, 2.45) is 0 Å². The van der Waals surface area contributed by atoms with Crippen molar-refractivity contribution >= 4 is 32.2 Å². The number of anilines is 1. The van der Waals surface area contributed by atoms with E-state index in [0.29, 0.717) is 11.6 Å². The number of carbonyl (C=O) groups excluding carboxylic acids is 1. The van der Waals surface area contributed by atoms with Crippen LogP contribution in [0.2, 0.25) is 0 Å². The van der Waals surface area contributed by atoms with Gasteiger partial charge in [-0.2, -0.15) is 5.26 Å². The van der Waals surface area contributed by atoms with Crippen molar-refractivity contribution in [3.05, 3.63) is 5.01 Å². The fourth-order valence-electron chi connectivity index (χ4n) is 1.69. The van der Waals surface area contributed by atoms with E-state index in [4.69, 9.17) is 10.00 Å². The van der Waals surface area contributed by atoms with Crippen LogP contribution in [-0.2, 0) is 19.4 Å². The summed E-state index contributed by atoms with van der Waals surface area (Å²) in [4.78, 5) is 11.5. The van der Waals surface area contributed by atoms with Gasteiger partial charge < -0.3 is 4.74 Å². The maximum atomic E-state index is 11.5. The summed E-state index contributed by atoms with van der Waals surface area (Å²) in [6, 6.07) is 1.51. The predicted octanol–water partition coefficient (Wildman–Crippen LogP) is 0.266. The Bertz CT molecular complexity index is 628. The van der Waals surface area contributed by atoms with Gasteiger partial charge in [0.05, 0.1) is 6.07 Å².